The van der Waals surface area contributed by atoms with Gasteiger partial charge in [0.1, 0.15) is 9.84 Å². The van der Waals surface area contributed by atoms with E-state index in [4.69, 9.17) is 0 Å². The van der Waals surface area contributed by atoms with Crippen LogP contribution in [-0.2, 0) is 9.84 Å². The molecule has 1 rings (SSSR count). The van der Waals surface area contributed by atoms with Gasteiger partial charge in [0.25, 0.3) is 0 Å². The Kier molecular flexibility index (Phi) is 11.3. The summed E-state index contributed by atoms with van der Waals surface area (Å²) in [5.41, 5.74) is 1.23. The molecule has 1 aromatic rings. The van der Waals surface area contributed by atoms with Gasteiger partial charge in [-0.2, -0.15) is 0 Å². The lowest BCUT2D eigenvalue weighted by Crippen LogP contribution is -2.45. The van der Waals surface area contributed by atoms with Gasteiger partial charge in [-0.25, -0.2) is 8.42 Å². The van der Waals surface area contributed by atoms with Crippen LogP contribution in [0, 0.1) is 0 Å². The predicted octanol–water partition coefficient (Wildman–Crippen LogP) is 1.90. The van der Waals surface area contributed by atoms with E-state index >= 15 is 0 Å². The highest BCUT2D eigenvalue weighted by molar-refractivity contribution is 14.0. The maximum absolute atomic E-state index is 11.3. The first kappa shape index (κ1) is 24.1. The Morgan fingerprint density at radius 2 is 1.84 bits per heavy atom. The fraction of sp³-hybridized carbons (Fsp3) is 0.588. The van der Waals surface area contributed by atoms with Gasteiger partial charge < -0.3 is 15.5 Å². The minimum atomic E-state index is -2.94. The highest BCUT2D eigenvalue weighted by atomic mass is 127. The summed E-state index contributed by atoms with van der Waals surface area (Å²) in [6, 6.07) is 10.5. The Bertz CT molecular complexity index is 621. The van der Waals surface area contributed by atoms with Crippen molar-refractivity contribution in [3.05, 3.63) is 35.9 Å². The molecule has 2 N–H and O–H groups in total. The second-order valence-electron chi connectivity index (χ2n) is 6.31. The van der Waals surface area contributed by atoms with Gasteiger partial charge in [0.2, 0.25) is 0 Å². The van der Waals surface area contributed by atoms with Crippen LogP contribution in [-0.4, -0.2) is 65.0 Å². The predicted molar refractivity (Wildman–Crippen MR) is 117 cm³/mol. The molecule has 0 spiro atoms. The zero-order valence-electron chi connectivity index (χ0n) is 15.7. The lowest BCUT2D eigenvalue weighted by molar-refractivity contribution is 0.298. The SMILES string of the molecule is CN=C(NCC(c1ccccc1)N(C)C)NC(C)CCS(C)(=O)=O.I. The maximum atomic E-state index is 11.3. The largest absolute Gasteiger partial charge is 0.354 e. The molecule has 0 radical (unpaired) electrons. The zero-order chi connectivity index (χ0) is 18.2. The molecule has 0 aliphatic heterocycles. The maximum Gasteiger partial charge on any atom is 0.191 e. The van der Waals surface area contributed by atoms with Crippen molar-refractivity contribution in [2.24, 2.45) is 4.99 Å². The third kappa shape index (κ3) is 10.0. The summed E-state index contributed by atoms with van der Waals surface area (Å²) in [5, 5.41) is 6.57. The Balaban J connectivity index is 0.00000576. The van der Waals surface area contributed by atoms with Gasteiger partial charge in [0, 0.05) is 25.9 Å². The van der Waals surface area contributed by atoms with E-state index in [0.717, 1.165) is 0 Å². The molecule has 25 heavy (non-hydrogen) atoms. The van der Waals surface area contributed by atoms with E-state index < -0.39 is 9.84 Å². The zero-order valence-corrected chi connectivity index (χ0v) is 18.8. The van der Waals surface area contributed by atoms with Gasteiger partial charge in [0.05, 0.1) is 11.8 Å². The molecule has 0 fully saturated rings. The molecule has 6 nitrogen and oxygen atoms in total. The first-order valence-corrected chi connectivity index (χ1v) is 10.1. The van der Waals surface area contributed by atoms with Gasteiger partial charge in [-0.3, -0.25) is 4.99 Å². The average molecular weight is 482 g/mol. The lowest BCUT2D eigenvalue weighted by atomic mass is 10.1. The van der Waals surface area contributed by atoms with Crippen molar-refractivity contribution in [3.63, 3.8) is 0 Å². The number of aliphatic imine (C=N–C) groups is 1. The molecule has 8 heteroatoms. The van der Waals surface area contributed by atoms with E-state index in [2.05, 4.69) is 32.7 Å². The molecule has 0 amide bonds. The highest BCUT2D eigenvalue weighted by Crippen LogP contribution is 2.16. The van der Waals surface area contributed by atoms with Crippen molar-refractivity contribution in [1.82, 2.24) is 15.5 Å². The standard InChI is InChI=1S/C17H30N4O2S.HI/c1-14(11-12-24(5,22)23)20-17(18-2)19-13-16(21(3)4)15-9-7-6-8-10-15;/h6-10,14,16H,11-13H2,1-5H3,(H2,18,19,20);1H. The molecular weight excluding hydrogens is 451 g/mol. The molecular formula is C17H31IN4O2S. The summed E-state index contributed by atoms with van der Waals surface area (Å²) >= 11 is 0. The van der Waals surface area contributed by atoms with E-state index in [1.54, 1.807) is 7.05 Å². The molecule has 0 bridgehead atoms. The number of nitrogens with one attached hydrogen (secondary N) is 2. The Morgan fingerprint density at radius 3 is 2.32 bits per heavy atom. The normalized spacial score (nSPS) is 14.6. The van der Waals surface area contributed by atoms with Crippen molar-refractivity contribution < 1.29 is 8.42 Å². The van der Waals surface area contributed by atoms with Gasteiger partial charge >= 0.3 is 0 Å². The van der Waals surface area contributed by atoms with E-state index in [1.807, 2.05) is 39.2 Å². The summed E-state index contributed by atoms with van der Waals surface area (Å²) in [6.45, 7) is 2.66. The second kappa shape index (κ2) is 11.7. The summed E-state index contributed by atoms with van der Waals surface area (Å²) in [7, 11) is 2.86. The summed E-state index contributed by atoms with van der Waals surface area (Å²) in [4.78, 5) is 6.38. The summed E-state index contributed by atoms with van der Waals surface area (Å²) in [5.74, 6) is 0.849. The number of rotatable bonds is 8. The Labute approximate surface area is 169 Å². The van der Waals surface area contributed by atoms with Crippen LogP contribution >= 0.6 is 24.0 Å². The highest BCUT2D eigenvalue weighted by Gasteiger charge is 2.15. The molecule has 0 heterocycles. The number of guanidine groups is 1. The van der Waals surface area contributed by atoms with Crippen molar-refractivity contribution >= 4 is 39.8 Å². The minimum absolute atomic E-state index is 0. The Morgan fingerprint density at radius 1 is 1.24 bits per heavy atom. The molecule has 0 aliphatic carbocycles. The fourth-order valence-corrected chi connectivity index (χ4v) is 3.14. The lowest BCUT2D eigenvalue weighted by Gasteiger charge is -2.26. The Hall–Kier alpha value is -0.870. The molecule has 0 aromatic heterocycles. The molecule has 0 saturated carbocycles. The molecule has 2 unspecified atom stereocenters. The number of benzene rings is 1. The average Bonchev–Trinajstić information content (AvgIpc) is 2.52. The van der Waals surface area contributed by atoms with Gasteiger partial charge in [0.15, 0.2) is 5.96 Å². The topological polar surface area (TPSA) is 73.8 Å². The number of sulfone groups is 1. The quantitative estimate of drug-likeness (QED) is 0.337. The van der Waals surface area contributed by atoms with Crippen LogP contribution in [0.1, 0.15) is 24.9 Å². The van der Waals surface area contributed by atoms with Crippen LogP contribution in [0.3, 0.4) is 0 Å². The fourth-order valence-electron chi connectivity index (χ4n) is 2.36. The number of nitrogens with zero attached hydrogens (tertiary/aromatic N) is 2. The summed E-state index contributed by atoms with van der Waals surface area (Å²) < 4.78 is 22.5. The van der Waals surface area contributed by atoms with E-state index in [0.29, 0.717) is 18.9 Å². The molecule has 0 aliphatic rings. The molecule has 0 saturated heterocycles. The van der Waals surface area contributed by atoms with Gasteiger partial charge in [-0.1, -0.05) is 30.3 Å². The molecule has 2 atom stereocenters. The van der Waals surface area contributed by atoms with Crippen LogP contribution in [0.25, 0.3) is 0 Å². The summed E-state index contributed by atoms with van der Waals surface area (Å²) in [6.07, 6.45) is 1.81. The van der Waals surface area contributed by atoms with Crippen LogP contribution in [0.4, 0.5) is 0 Å². The van der Waals surface area contributed by atoms with Crippen molar-refractivity contribution in [3.8, 4) is 0 Å². The van der Waals surface area contributed by atoms with E-state index in [-0.39, 0.29) is 41.8 Å². The van der Waals surface area contributed by atoms with Crippen molar-refractivity contribution in [1.29, 1.82) is 0 Å². The van der Waals surface area contributed by atoms with Crippen LogP contribution in [0.5, 0.6) is 0 Å². The monoisotopic (exact) mass is 482 g/mol. The third-order valence-electron chi connectivity index (χ3n) is 3.80. The van der Waals surface area contributed by atoms with Crippen molar-refractivity contribution in [2.45, 2.75) is 25.4 Å². The van der Waals surface area contributed by atoms with Gasteiger partial charge in [-0.05, 0) is 33.0 Å². The van der Waals surface area contributed by atoms with Crippen LogP contribution in [0.2, 0.25) is 0 Å². The number of hydrogen-bond donors (Lipinski definition) is 2. The number of likely N-dealkylation sites (N-methyl/N-ethyl adjacent to an activating group) is 1. The number of hydrogen-bond acceptors (Lipinski definition) is 4. The molecule has 144 valence electrons. The smallest absolute Gasteiger partial charge is 0.191 e. The van der Waals surface area contributed by atoms with E-state index in [9.17, 15) is 8.42 Å². The first-order chi connectivity index (χ1) is 11.2. The number of halogens is 1. The third-order valence-corrected chi connectivity index (χ3v) is 4.78. The first-order valence-electron chi connectivity index (χ1n) is 8.09. The molecule has 1 aromatic carbocycles. The van der Waals surface area contributed by atoms with E-state index in [1.165, 1.54) is 11.8 Å². The second-order valence-corrected chi connectivity index (χ2v) is 8.57. The minimum Gasteiger partial charge on any atom is -0.354 e. The van der Waals surface area contributed by atoms with Crippen molar-refractivity contribution in [2.75, 3.05) is 39.7 Å². The van der Waals surface area contributed by atoms with Crippen LogP contribution < -0.4 is 10.6 Å². The van der Waals surface area contributed by atoms with Crippen LogP contribution in [0.15, 0.2) is 35.3 Å². The van der Waals surface area contributed by atoms with Gasteiger partial charge in [-0.15, -0.1) is 24.0 Å².